The lowest BCUT2D eigenvalue weighted by Gasteiger charge is -2.32. The summed E-state index contributed by atoms with van der Waals surface area (Å²) in [5.74, 6) is 0.195. The van der Waals surface area contributed by atoms with Crippen LogP contribution in [0.15, 0.2) is 24.3 Å². The molecule has 1 heterocycles. The fourth-order valence-corrected chi connectivity index (χ4v) is 3.25. The molecule has 114 valence electrons. The molecule has 0 bridgehead atoms. The van der Waals surface area contributed by atoms with Crippen LogP contribution in [0.2, 0.25) is 0 Å². The Bertz CT molecular complexity index is 513. The third-order valence-electron chi connectivity index (χ3n) is 4.69. The maximum atomic E-state index is 12.1. The van der Waals surface area contributed by atoms with Crippen molar-refractivity contribution >= 4 is 11.6 Å². The molecule has 0 aromatic heterocycles. The van der Waals surface area contributed by atoms with E-state index in [1.807, 2.05) is 19.2 Å². The predicted molar refractivity (Wildman–Crippen MR) is 85.5 cm³/mol. The van der Waals surface area contributed by atoms with Crippen LogP contribution in [0.5, 0.6) is 0 Å². The number of benzene rings is 1. The fraction of sp³-hybridized carbons (Fsp3) is 0.588. The highest BCUT2D eigenvalue weighted by molar-refractivity contribution is 5.96. The molecule has 21 heavy (non-hydrogen) atoms. The number of anilines is 1. The number of nitrogens with one attached hydrogen (secondary N) is 1. The number of hydrogen-bond acceptors (Lipinski definition) is 3. The number of nitrogens with zero attached hydrogens (tertiary/aromatic N) is 2. The minimum absolute atomic E-state index is 0.155. The van der Waals surface area contributed by atoms with Crippen molar-refractivity contribution in [1.82, 2.24) is 10.2 Å². The molecule has 1 fully saturated rings. The molecule has 1 atom stereocenters. The van der Waals surface area contributed by atoms with Crippen molar-refractivity contribution in [3.05, 3.63) is 29.8 Å². The van der Waals surface area contributed by atoms with Gasteiger partial charge in [-0.2, -0.15) is 0 Å². The van der Waals surface area contributed by atoms with E-state index in [1.54, 1.807) is 4.90 Å². The van der Waals surface area contributed by atoms with Gasteiger partial charge in [-0.05, 0) is 31.0 Å². The molecule has 1 amide bonds. The van der Waals surface area contributed by atoms with Crippen molar-refractivity contribution in [2.45, 2.75) is 38.3 Å². The highest BCUT2D eigenvalue weighted by Crippen LogP contribution is 2.33. The van der Waals surface area contributed by atoms with Crippen molar-refractivity contribution in [3.63, 3.8) is 0 Å². The maximum Gasteiger partial charge on any atom is 0.228 e. The Morgan fingerprint density at radius 2 is 2.10 bits per heavy atom. The highest BCUT2D eigenvalue weighted by atomic mass is 16.2. The smallest absolute Gasteiger partial charge is 0.228 e. The van der Waals surface area contributed by atoms with E-state index in [0.717, 1.165) is 31.4 Å². The molecule has 0 spiro atoms. The number of para-hydroxylation sites is 1. The lowest BCUT2D eigenvalue weighted by Crippen LogP contribution is -2.40. The predicted octanol–water partition coefficient (Wildman–Crippen LogP) is 2.17. The SMILES string of the molecule is CCN(CCNC1CC(=O)N(C)c2ccccc21)C1CC1. The molecule has 4 nitrogen and oxygen atoms in total. The summed E-state index contributed by atoms with van der Waals surface area (Å²) in [6, 6.07) is 9.18. The molecule has 1 unspecified atom stereocenters. The van der Waals surface area contributed by atoms with E-state index in [2.05, 4.69) is 29.3 Å². The molecule has 1 aromatic carbocycles. The van der Waals surface area contributed by atoms with Crippen LogP contribution in [-0.4, -0.2) is 43.5 Å². The molecule has 0 radical (unpaired) electrons. The minimum Gasteiger partial charge on any atom is -0.315 e. The number of amides is 1. The Morgan fingerprint density at radius 3 is 2.81 bits per heavy atom. The molecule has 1 saturated carbocycles. The van der Waals surface area contributed by atoms with Gasteiger partial charge in [0, 0.05) is 44.3 Å². The van der Waals surface area contributed by atoms with E-state index in [0.29, 0.717) is 6.42 Å². The lowest BCUT2D eigenvalue weighted by atomic mass is 9.96. The Hall–Kier alpha value is -1.39. The van der Waals surface area contributed by atoms with Crippen LogP contribution in [0.1, 0.15) is 37.8 Å². The molecule has 2 aliphatic rings. The molecular weight excluding hydrogens is 262 g/mol. The summed E-state index contributed by atoms with van der Waals surface area (Å²) < 4.78 is 0. The second-order valence-electron chi connectivity index (χ2n) is 6.08. The van der Waals surface area contributed by atoms with Gasteiger partial charge in [-0.1, -0.05) is 25.1 Å². The highest BCUT2D eigenvalue weighted by Gasteiger charge is 2.30. The lowest BCUT2D eigenvalue weighted by molar-refractivity contribution is -0.119. The second kappa shape index (κ2) is 6.16. The molecule has 1 aliphatic carbocycles. The average molecular weight is 287 g/mol. The molecule has 3 rings (SSSR count). The fourth-order valence-electron chi connectivity index (χ4n) is 3.25. The number of carbonyl (C=O) groups excluding carboxylic acids is 1. The Balaban J connectivity index is 1.62. The first-order valence-corrected chi connectivity index (χ1v) is 8.03. The summed E-state index contributed by atoms with van der Waals surface area (Å²) in [5, 5.41) is 3.59. The third-order valence-corrected chi connectivity index (χ3v) is 4.69. The van der Waals surface area contributed by atoms with Gasteiger partial charge in [-0.3, -0.25) is 9.69 Å². The number of fused-ring (bicyclic) bond motifs is 1. The standard InChI is InChI=1S/C17H25N3O/c1-3-20(13-8-9-13)11-10-18-15-12-17(21)19(2)16-7-5-4-6-14(15)16/h4-7,13,15,18H,3,8-12H2,1-2H3. The van der Waals surface area contributed by atoms with Crippen LogP contribution in [-0.2, 0) is 4.79 Å². The summed E-state index contributed by atoms with van der Waals surface area (Å²) in [4.78, 5) is 16.4. The average Bonchev–Trinajstić information content (AvgIpc) is 3.33. The van der Waals surface area contributed by atoms with Gasteiger partial charge in [-0.15, -0.1) is 0 Å². The van der Waals surface area contributed by atoms with Crippen molar-refractivity contribution in [2.75, 3.05) is 31.6 Å². The van der Waals surface area contributed by atoms with Crippen LogP contribution in [0.4, 0.5) is 5.69 Å². The van der Waals surface area contributed by atoms with Crippen molar-refractivity contribution in [3.8, 4) is 0 Å². The van der Waals surface area contributed by atoms with Gasteiger partial charge in [0.1, 0.15) is 0 Å². The molecule has 4 heteroatoms. The topological polar surface area (TPSA) is 35.6 Å². The van der Waals surface area contributed by atoms with Crippen LogP contribution in [0, 0.1) is 0 Å². The van der Waals surface area contributed by atoms with Crippen LogP contribution in [0.25, 0.3) is 0 Å². The number of likely N-dealkylation sites (N-methyl/N-ethyl adjacent to an activating group) is 1. The van der Waals surface area contributed by atoms with Crippen LogP contribution < -0.4 is 10.2 Å². The Morgan fingerprint density at radius 1 is 1.33 bits per heavy atom. The summed E-state index contributed by atoms with van der Waals surface area (Å²) in [6.45, 7) is 5.37. The normalized spacial score (nSPS) is 21.8. The van der Waals surface area contributed by atoms with E-state index >= 15 is 0 Å². The van der Waals surface area contributed by atoms with E-state index in [9.17, 15) is 4.79 Å². The van der Waals surface area contributed by atoms with E-state index < -0.39 is 0 Å². The summed E-state index contributed by atoms with van der Waals surface area (Å²) >= 11 is 0. The number of carbonyl (C=O) groups is 1. The van der Waals surface area contributed by atoms with Gasteiger partial charge >= 0.3 is 0 Å². The van der Waals surface area contributed by atoms with Gasteiger partial charge in [-0.25, -0.2) is 0 Å². The minimum atomic E-state index is 0.155. The van der Waals surface area contributed by atoms with Gasteiger partial charge in [0.25, 0.3) is 0 Å². The number of hydrogen-bond donors (Lipinski definition) is 1. The van der Waals surface area contributed by atoms with E-state index in [4.69, 9.17) is 0 Å². The van der Waals surface area contributed by atoms with Gasteiger partial charge < -0.3 is 10.2 Å². The quantitative estimate of drug-likeness (QED) is 0.871. The summed E-state index contributed by atoms with van der Waals surface area (Å²) in [6.07, 6.45) is 3.26. The molecular formula is C17H25N3O. The summed E-state index contributed by atoms with van der Waals surface area (Å²) in [7, 11) is 1.86. The first-order valence-electron chi connectivity index (χ1n) is 8.03. The van der Waals surface area contributed by atoms with Gasteiger partial charge in [0.15, 0.2) is 0 Å². The van der Waals surface area contributed by atoms with E-state index in [1.165, 1.54) is 18.4 Å². The molecule has 0 saturated heterocycles. The zero-order valence-corrected chi connectivity index (χ0v) is 13.0. The largest absolute Gasteiger partial charge is 0.315 e. The van der Waals surface area contributed by atoms with Gasteiger partial charge in [0.2, 0.25) is 5.91 Å². The van der Waals surface area contributed by atoms with Crippen molar-refractivity contribution in [2.24, 2.45) is 0 Å². The first kappa shape index (κ1) is 14.5. The molecule has 1 aromatic rings. The zero-order chi connectivity index (χ0) is 14.8. The van der Waals surface area contributed by atoms with Crippen LogP contribution in [0.3, 0.4) is 0 Å². The first-order chi connectivity index (χ1) is 10.2. The molecule has 1 aliphatic heterocycles. The zero-order valence-electron chi connectivity index (χ0n) is 13.0. The maximum absolute atomic E-state index is 12.1. The third kappa shape index (κ3) is 3.11. The monoisotopic (exact) mass is 287 g/mol. The van der Waals surface area contributed by atoms with Crippen LogP contribution >= 0.6 is 0 Å². The van der Waals surface area contributed by atoms with Gasteiger partial charge in [0.05, 0.1) is 0 Å². The number of rotatable bonds is 6. The van der Waals surface area contributed by atoms with E-state index in [-0.39, 0.29) is 11.9 Å². The van der Waals surface area contributed by atoms with Crippen molar-refractivity contribution in [1.29, 1.82) is 0 Å². The van der Waals surface area contributed by atoms with Crippen molar-refractivity contribution < 1.29 is 4.79 Å². The molecule has 1 N–H and O–H groups in total. The second-order valence-corrected chi connectivity index (χ2v) is 6.08. The Kier molecular flexibility index (Phi) is 4.27. The summed E-state index contributed by atoms with van der Waals surface area (Å²) in [5.41, 5.74) is 2.29. The Labute approximate surface area is 127 Å².